The van der Waals surface area contributed by atoms with Crippen molar-refractivity contribution in [2.45, 2.75) is 0 Å². The number of carboxylic acid groups (broad SMARTS) is 12. The zero-order valence-electron chi connectivity index (χ0n) is 35.7. The van der Waals surface area contributed by atoms with E-state index in [1.807, 2.05) is 0 Å². The van der Waals surface area contributed by atoms with Gasteiger partial charge in [-0.3, -0.25) is 0 Å². The van der Waals surface area contributed by atoms with Crippen LogP contribution < -0.4 is 0 Å². The second-order valence-electron chi connectivity index (χ2n) is 14.3. The molecular weight excluding hydrogens is 961 g/mol. The average molecular weight is 991 g/mol. The lowest BCUT2D eigenvalue weighted by atomic mass is 9.92. The maximum atomic E-state index is 11.4. The lowest BCUT2D eigenvalue weighted by Gasteiger charge is -2.11. The SMILES string of the molecule is O=C(O)c1cc(C(=O)O)cc(-c2cc(C(=O)O)cc(C(=O)O)c2)c1.O=C(O)c1ccc(-c2ccc(C(=O)O)c(C(=O)O)c2)cc1C(=O)O.O=C(O)c1ccc(-c2ccc(C(=O)O)cc2C(=O)O)c(C(=O)O)c1. The minimum atomic E-state index is -1.45. The highest BCUT2D eigenvalue weighted by molar-refractivity contribution is 6.07. The van der Waals surface area contributed by atoms with Gasteiger partial charge in [0.05, 0.1) is 66.8 Å². The fourth-order valence-corrected chi connectivity index (χ4v) is 6.44. The molecule has 0 bridgehead atoms. The smallest absolute Gasteiger partial charge is 0.336 e. The number of carbonyl (C=O) groups is 12. The first-order valence-electron chi connectivity index (χ1n) is 19.3. The topological polar surface area (TPSA) is 448 Å². The number of hydrogen-bond acceptors (Lipinski definition) is 12. The van der Waals surface area contributed by atoms with Crippen molar-refractivity contribution in [1.82, 2.24) is 0 Å². The van der Waals surface area contributed by atoms with E-state index in [9.17, 15) is 67.7 Å². The van der Waals surface area contributed by atoms with Gasteiger partial charge in [-0.05, 0) is 118 Å². The molecule has 72 heavy (non-hydrogen) atoms. The average Bonchev–Trinajstić information content (AvgIpc) is 3.32. The van der Waals surface area contributed by atoms with Gasteiger partial charge >= 0.3 is 71.6 Å². The number of hydrogen-bond donors (Lipinski definition) is 12. The molecular formula is C48H30O24. The van der Waals surface area contributed by atoms with Crippen molar-refractivity contribution in [3.05, 3.63) is 176 Å². The summed E-state index contributed by atoms with van der Waals surface area (Å²) in [6.07, 6.45) is 0. The van der Waals surface area contributed by atoms with Crippen molar-refractivity contribution < 1.29 is 119 Å². The van der Waals surface area contributed by atoms with Gasteiger partial charge in [0.1, 0.15) is 0 Å². The van der Waals surface area contributed by atoms with E-state index in [0.29, 0.717) is 0 Å². The van der Waals surface area contributed by atoms with Gasteiger partial charge in [-0.2, -0.15) is 0 Å². The molecule has 366 valence electrons. The molecule has 0 radical (unpaired) electrons. The number of aromatic carboxylic acids is 12. The van der Waals surface area contributed by atoms with Gasteiger partial charge < -0.3 is 61.3 Å². The van der Waals surface area contributed by atoms with E-state index in [-0.39, 0.29) is 66.8 Å². The van der Waals surface area contributed by atoms with Crippen LogP contribution in [0.25, 0.3) is 33.4 Å². The molecule has 0 spiro atoms. The molecule has 24 nitrogen and oxygen atoms in total. The fourth-order valence-electron chi connectivity index (χ4n) is 6.44. The molecule has 6 rings (SSSR count). The Bertz CT molecular complexity index is 3060. The summed E-state index contributed by atoms with van der Waals surface area (Å²) >= 11 is 0. The Balaban J connectivity index is 0.000000234. The Morgan fingerprint density at radius 1 is 0.194 bits per heavy atom. The lowest BCUT2D eigenvalue weighted by molar-refractivity contribution is 0.0651. The third kappa shape index (κ3) is 12.7. The van der Waals surface area contributed by atoms with Crippen LogP contribution >= 0.6 is 0 Å². The molecule has 0 aliphatic rings. The summed E-state index contributed by atoms with van der Waals surface area (Å²) in [6.45, 7) is 0. The summed E-state index contributed by atoms with van der Waals surface area (Å²) < 4.78 is 0. The maximum Gasteiger partial charge on any atom is 0.336 e. The molecule has 0 saturated heterocycles. The van der Waals surface area contributed by atoms with E-state index < -0.39 is 105 Å². The van der Waals surface area contributed by atoms with Crippen LogP contribution in [-0.4, -0.2) is 133 Å². The first-order chi connectivity index (χ1) is 33.6. The standard InChI is InChI=1S/3C16H10O8/c17-13(18)9-1-7(2-10(5-9)14(19)20)8-3-11(15(21)22)6-12(4-8)16(23)24;17-13(18)7-1-3-9(11(5-7)15(21)22)10-4-2-8(14(19)20)6-12(10)16(23)24;17-13(18)9-3-1-7(5-11(9)15(21)22)8-2-4-10(14(19)20)12(6-8)16(23)24/h3*1-6H,(H,17,18)(H,19,20)(H,21,22)(H,23,24). The molecule has 0 aromatic heterocycles. The molecule has 0 aliphatic carbocycles. The van der Waals surface area contributed by atoms with Crippen molar-refractivity contribution in [3.8, 4) is 33.4 Å². The molecule has 0 unspecified atom stereocenters. The van der Waals surface area contributed by atoms with Gasteiger partial charge in [-0.1, -0.05) is 24.3 Å². The van der Waals surface area contributed by atoms with Gasteiger partial charge in [0.2, 0.25) is 0 Å². The highest BCUT2D eigenvalue weighted by Gasteiger charge is 2.23. The first kappa shape index (κ1) is 53.6. The van der Waals surface area contributed by atoms with Crippen molar-refractivity contribution >= 4 is 71.6 Å². The molecule has 24 heteroatoms. The van der Waals surface area contributed by atoms with Crippen molar-refractivity contribution in [1.29, 1.82) is 0 Å². The van der Waals surface area contributed by atoms with Crippen LogP contribution in [0.4, 0.5) is 0 Å². The van der Waals surface area contributed by atoms with Crippen molar-refractivity contribution in [2.24, 2.45) is 0 Å². The van der Waals surface area contributed by atoms with Crippen molar-refractivity contribution in [2.75, 3.05) is 0 Å². The highest BCUT2D eigenvalue weighted by atomic mass is 16.4. The summed E-state index contributed by atoms with van der Waals surface area (Å²) in [6, 6.07) is 19.9. The van der Waals surface area contributed by atoms with Crippen LogP contribution in [0.1, 0.15) is 124 Å². The summed E-state index contributed by atoms with van der Waals surface area (Å²) in [5, 5.41) is 109. The molecule has 0 heterocycles. The highest BCUT2D eigenvalue weighted by Crippen LogP contribution is 2.31. The van der Waals surface area contributed by atoms with Crippen LogP contribution in [0.3, 0.4) is 0 Å². The van der Waals surface area contributed by atoms with E-state index in [2.05, 4.69) is 0 Å². The minimum Gasteiger partial charge on any atom is -0.478 e. The number of benzene rings is 6. The Kier molecular flexibility index (Phi) is 16.5. The lowest BCUT2D eigenvalue weighted by Crippen LogP contribution is -2.09. The van der Waals surface area contributed by atoms with E-state index >= 15 is 0 Å². The molecule has 0 saturated carbocycles. The van der Waals surface area contributed by atoms with E-state index in [4.69, 9.17) is 51.1 Å². The van der Waals surface area contributed by atoms with Gasteiger partial charge in [0, 0.05) is 0 Å². The molecule has 12 N–H and O–H groups in total. The Hall–Kier alpha value is -11.0. The van der Waals surface area contributed by atoms with Gasteiger partial charge in [-0.25, -0.2) is 57.5 Å². The second kappa shape index (κ2) is 22.2. The Morgan fingerprint density at radius 3 is 0.667 bits per heavy atom. The van der Waals surface area contributed by atoms with Crippen LogP contribution in [0.5, 0.6) is 0 Å². The predicted molar refractivity (Wildman–Crippen MR) is 239 cm³/mol. The predicted octanol–water partition coefficient (Wildman–Crippen LogP) is 6.44. The van der Waals surface area contributed by atoms with Crippen molar-refractivity contribution in [3.63, 3.8) is 0 Å². The first-order valence-corrected chi connectivity index (χ1v) is 19.3. The van der Waals surface area contributed by atoms with Gasteiger partial charge in [0.15, 0.2) is 0 Å². The number of rotatable bonds is 15. The minimum absolute atomic E-state index is 0.0261. The molecule has 0 atom stereocenters. The molecule has 0 amide bonds. The van der Waals surface area contributed by atoms with Crippen LogP contribution in [0, 0.1) is 0 Å². The summed E-state index contributed by atoms with van der Waals surface area (Å²) in [5.41, 5.74) is -3.74. The summed E-state index contributed by atoms with van der Waals surface area (Å²) in [7, 11) is 0. The Morgan fingerprint density at radius 2 is 0.444 bits per heavy atom. The van der Waals surface area contributed by atoms with Gasteiger partial charge in [-0.15, -0.1) is 0 Å². The van der Waals surface area contributed by atoms with Crippen LogP contribution in [0.2, 0.25) is 0 Å². The van der Waals surface area contributed by atoms with E-state index in [0.717, 1.165) is 84.9 Å². The van der Waals surface area contributed by atoms with Gasteiger partial charge in [0.25, 0.3) is 0 Å². The zero-order valence-corrected chi connectivity index (χ0v) is 35.7. The summed E-state index contributed by atoms with van der Waals surface area (Å²) in [4.78, 5) is 134. The zero-order chi connectivity index (χ0) is 54.0. The third-order valence-corrected chi connectivity index (χ3v) is 9.77. The van der Waals surface area contributed by atoms with E-state index in [1.165, 1.54) is 24.3 Å². The van der Waals surface area contributed by atoms with Crippen LogP contribution in [0.15, 0.2) is 109 Å². The third-order valence-electron chi connectivity index (χ3n) is 9.77. The molecule has 0 fully saturated rings. The molecule has 6 aromatic rings. The maximum absolute atomic E-state index is 11.4. The largest absolute Gasteiger partial charge is 0.478 e. The molecule has 6 aromatic carbocycles. The number of carboxylic acids is 12. The summed E-state index contributed by atoms with van der Waals surface area (Å²) in [5.74, 6) is -16.7. The quantitative estimate of drug-likeness (QED) is 0.0526. The second-order valence-corrected chi connectivity index (χ2v) is 14.3. The fraction of sp³-hybridized carbons (Fsp3) is 0. The molecule has 0 aliphatic heterocycles. The Labute approximate surface area is 399 Å². The normalized spacial score (nSPS) is 10.2. The van der Waals surface area contributed by atoms with Crippen LogP contribution in [-0.2, 0) is 0 Å². The monoisotopic (exact) mass is 990 g/mol. The van der Waals surface area contributed by atoms with E-state index in [1.54, 1.807) is 0 Å².